The maximum atomic E-state index is 10.4. The van der Waals surface area contributed by atoms with Gasteiger partial charge in [-0.15, -0.1) is 0 Å². The molecular weight excluding hydrogens is 159 g/mol. The fourth-order valence-corrected chi connectivity index (χ4v) is 0.350. The molecule has 0 atom stereocenters. The van der Waals surface area contributed by atoms with Gasteiger partial charge in [-0.05, 0) is 13.5 Å². The predicted molar refractivity (Wildman–Crippen MR) is 30.4 cm³/mol. The quantitative estimate of drug-likeness (QED) is 0.253. The van der Waals surface area contributed by atoms with Gasteiger partial charge in [0, 0.05) is 6.08 Å². The second kappa shape index (κ2) is 7.75. The van der Waals surface area contributed by atoms with E-state index in [0.717, 1.165) is 6.08 Å². The molecule has 0 saturated heterocycles. The van der Waals surface area contributed by atoms with Crippen LogP contribution in [0.15, 0.2) is 12.0 Å². The summed E-state index contributed by atoms with van der Waals surface area (Å²) in [4.78, 5) is 10.2. The van der Waals surface area contributed by atoms with Crippen LogP contribution in [0.4, 0.5) is 0 Å². The van der Waals surface area contributed by atoms with E-state index < -0.39 is 5.95 Å². The summed E-state index contributed by atoms with van der Waals surface area (Å²) in [5, 5.41) is 10.4. The number of ketones is 1. The molecule has 0 aromatic heterocycles. The van der Waals surface area contributed by atoms with Gasteiger partial charge in [0.15, 0.2) is 5.78 Å². The first-order valence-corrected chi connectivity index (χ1v) is 2.69. The van der Waals surface area contributed by atoms with Crippen LogP contribution in [-0.2, 0) is 9.53 Å². The smallest absolute Gasteiger partial charge is 0.613 e. The molecule has 0 aliphatic carbocycles. The molecule has 3 nitrogen and oxygen atoms in total. The van der Waals surface area contributed by atoms with Crippen molar-refractivity contribution in [3.63, 3.8) is 0 Å². The summed E-state index contributed by atoms with van der Waals surface area (Å²) in [5.74, 6) is -0.849. The van der Waals surface area contributed by atoms with E-state index in [-0.39, 0.29) is 57.2 Å². The molecule has 0 fully saturated rings. The number of hydrogen-bond donors (Lipinski definition) is 0. The Morgan fingerprint density at radius 3 is 2.50 bits per heavy atom. The minimum Gasteiger partial charge on any atom is -0.613 e. The zero-order valence-electron chi connectivity index (χ0n) is 6.51. The number of allylic oxidation sites excluding steroid dienone is 1. The van der Waals surface area contributed by atoms with Gasteiger partial charge in [0.05, 0.1) is 5.95 Å². The van der Waals surface area contributed by atoms with Crippen LogP contribution in [-0.4, -0.2) is 12.4 Å². The molecule has 0 unspecified atom stereocenters. The van der Waals surface area contributed by atoms with Crippen LogP contribution in [0.3, 0.4) is 0 Å². The van der Waals surface area contributed by atoms with Crippen molar-refractivity contribution in [2.75, 3.05) is 6.61 Å². The van der Waals surface area contributed by atoms with Crippen molar-refractivity contribution < 1.29 is 66.0 Å². The summed E-state index contributed by atoms with van der Waals surface area (Å²) in [6.07, 6.45) is 0.920. The molecule has 52 valence electrons. The van der Waals surface area contributed by atoms with Crippen LogP contribution in [0.2, 0.25) is 0 Å². The Morgan fingerprint density at radius 1 is 1.70 bits per heavy atom. The molecule has 0 aliphatic heterocycles. The van der Waals surface area contributed by atoms with Gasteiger partial charge in [0.1, 0.15) is 0 Å². The Labute approximate surface area is 103 Å². The van der Waals surface area contributed by atoms with Crippen LogP contribution >= 0.6 is 0 Å². The number of rotatable bonds is 3. The van der Waals surface area contributed by atoms with Gasteiger partial charge >= 0.3 is 51.4 Å². The molecule has 4 heteroatoms. The van der Waals surface area contributed by atoms with E-state index in [1.165, 1.54) is 6.92 Å². The van der Waals surface area contributed by atoms with Crippen LogP contribution in [0, 0.1) is 0 Å². The summed E-state index contributed by atoms with van der Waals surface area (Å²) in [5.41, 5.74) is 0. The van der Waals surface area contributed by atoms with Gasteiger partial charge in [-0.1, -0.05) is 6.92 Å². The second-order valence-corrected chi connectivity index (χ2v) is 1.51. The van der Waals surface area contributed by atoms with Gasteiger partial charge in [-0.25, -0.2) is 0 Å². The first-order valence-electron chi connectivity index (χ1n) is 2.69. The number of ether oxygens (including phenoxy) is 1. The summed E-state index contributed by atoms with van der Waals surface area (Å²) < 4.78 is 4.44. The normalized spacial score (nSPS) is 10.0. The number of hydrogen-bond acceptors (Lipinski definition) is 3. The fraction of sp³-hybridized carbons (Fsp3) is 0.500. The minimum atomic E-state index is -0.565. The average molecular weight is 168 g/mol. The van der Waals surface area contributed by atoms with Crippen LogP contribution in [0.25, 0.3) is 0 Å². The van der Waals surface area contributed by atoms with Crippen LogP contribution in [0.5, 0.6) is 0 Å². The molecule has 0 spiro atoms. The Balaban J connectivity index is 0. The third-order valence-electron chi connectivity index (χ3n) is 0.608. The molecular formula is C6H9KO3. The largest absolute Gasteiger partial charge is 1.00 e. The Hall–Kier alpha value is 0.646. The molecule has 0 bridgehead atoms. The first kappa shape index (κ1) is 13.3. The van der Waals surface area contributed by atoms with Crippen molar-refractivity contribution in [3.05, 3.63) is 12.0 Å². The van der Waals surface area contributed by atoms with Gasteiger partial charge in [-0.3, -0.25) is 4.79 Å². The summed E-state index contributed by atoms with van der Waals surface area (Å²) in [7, 11) is 0. The fourth-order valence-electron chi connectivity index (χ4n) is 0.350. The summed E-state index contributed by atoms with van der Waals surface area (Å²) in [6.45, 7) is 3.30. The SMILES string of the molecule is CCO/C([O-])=C\C(C)=O.[K+]. The molecule has 0 heterocycles. The molecule has 0 radical (unpaired) electrons. The molecule has 0 N–H and O–H groups in total. The van der Waals surface area contributed by atoms with Gasteiger partial charge < -0.3 is 9.84 Å². The zero-order chi connectivity index (χ0) is 7.28. The average Bonchev–Trinajstić information content (AvgIpc) is 1.63. The summed E-state index contributed by atoms with van der Waals surface area (Å²) >= 11 is 0. The Kier molecular flexibility index (Phi) is 10.3. The van der Waals surface area contributed by atoms with Crippen molar-refractivity contribution in [3.8, 4) is 0 Å². The standard InChI is InChI=1S/C6H10O3.K/c1-3-9-6(8)4-5(2)7;/h4,8H,3H2,1-2H3;/q;+1/p-1/b6-4-;. The molecule has 0 aromatic rings. The van der Waals surface area contributed by atoms with E-state index in [0.29, 0.717) is 6.61 Å². The van der Waals surface area contributed by atoms with Gasteiger partial charge in [-0.2, -0.15) is 0 Å². The van der Waals surface area contributed by atoms with Gasteiger partial charge in [0.25, 0.3) is 0 Å². The van der Waals surface area contributed by atoms with E-state index in [4.69, 9.17) is 0 Å². The summed E-state index contributed by atoms with van der Waals surface area (Å²) in [6, 6.07) is 0. The third kappa shape index (κ3) is 8.65. The molecule has 0 amide bonds. The Bertz CT molecular complexity index is 131. The monoisotopic (exact) mass is 168 g/mol. The maximum absolute atomic E-state index is 10.4. The molecule has 0 rings (SSSR count). The molecule has 10 heavy (non-hydrogen) atoms. The van der Waals surface area contributed by atoms with E-state index in [1.54, 1.807) is 6.92 Å². The van der Waals surface area contributed by atoms with Crippen molar-refractivity contribution in [1.82, 2.24) is 0 Å². The van der Waals surface area contributed by atoms with E-state index in [9.17, 15) is 9.90 Å². The zero-order valence-corrected chi connectivity index (χ0v) is 9.63. The number of carbonyl (C=O) groups is 1. The van der Waals surface area contributed by atoms with Crippen molar-refractivity contribution in [2.24, 2.45) is 0 Å². The second-order valence-electron chi connectivity index (χ2n) is 1.51. The van der Waals surface area contributed by atoms with E-state index >= 15 is 0 Å². The predicted octanol–water partition coefficient (Wildman–Crippen LogP) is -3.18. The van der Waals surface area contributed by atoms with Crippen molar-refractivity contribution in [2.45, 2.75) is 13.8 Å². The van der Waals surface area contributed by atoms with Crippen LogP contribution < -0.4 is 56.5 Å². The van der Waals surface area contributed by atoms with E-state index in [1.807, 2.05) is 0 Å². The molecule has 0 aliphatic rings. The first-order chi connectivity index (χ1) is 4.16. The molecule has 0 aromatic carbocycles. The van der Waals surface area contributed by atoms with E-state index in [2.05, 4.69) is 4.74 Å². The van der Waals surface area contributed by atoms with Crippen molar-refractivity contribution in [1.29, 1.82) is 0 Å². The molecule has 0 saturated carbocycles. The van der Waals surface area contributed by atoms with Crippen LogP contribution in [0.1, 0.15) is 13.8 Å². The number of carbonyl (C=O) groups excluding carboxylic acids is 1. The topological polar surface area (TPSA) is 49.4 Å². The Morgan fingerprint density at radius 2 is 2.20 bits per heavy atom. The van der Waals surface area contributed by atoms with Gasteiger partial charge in [0.2, 0.25) is 0 Å². The third-order valence-corrected chi connectivity index (χ3v) is 0.608. The maximum Gasteiger partial charge on any atom is 1.00 e. The minimum absolute atomic E-state index is 0. The van der Waals surface area contributed by atoms with Crippen molar-refractivity contribution >= 4 is 5.78 Å².